The zero-order valence-corrected chi connectivity index (χ0v) is 12.4. The quantitative estimate of drug-likeness (QED) is 0.865. The van der Waals surface area contributed by atoms with Gasteiger partial charge in [0.05, 0.1) is 18.8 Å². The second-order valence-electron chi connectivity index (χ2n) is 5.45. The molecule has 108 valence electrons. The number of hydrogen-bond donors (Lipinski definition) is 1. The molecule has 1 aliphatic carbocycles. The van der Waals surface area contributed by atoms with E-state index >= 15 is 0 Å². The third-order valence-corrected chi connectivity index (χ3v) is 4.20. The van der Waals surface area contributed by atoms with Gasteiger partial charge in [-0.2, -0.15) is 0 Å². The van der Waals surface area contributed by atoms with Crippen LogP contribution >= 0.6 is 12.2 Å². The second-order valence-corrected chi connectivity index (χ2v) is 5.89. The van der Waals surface area contributed by atoms with E-state index in [4.69, 9.17) is 32.4 Å². The molecule has 1 fully saturated rings. The minimum absolute atomic E-state index is 0.158. The van der Waals surface area contributed by atoms with Crippen LogP contribution in [0.5, 0.6) is 5.88 Å². The van der Waals surface area contributed by atoms with E-state index in [1.807, 2.05) is 0 Å². The zero-order chi connectivity index (χ0) is 13.9. The highest BCUT2D eigenvalue weighted by Crippen LogP contribution is 2.27. The Morgan fingerprint density at radius 1 is 1.30 bits per heavy atom. The summed E-state index contributed by atoms with van der Waals surface area (Å²) in [6.07, 6.45) is 6.46. The molecule has 0 unspecified atom stereocenters. The average molecular weight is 292 g/mol. The molecule has 5 heteroatoms. The number of nitrogens with two attached hydrogens (primary N) is 1. The van der Waals surface area contributed by atoms with Crippen molar-refractivity contribution in [2.75, 3.05) is 13.2 Å². The first-order valence-electron chi connectivity index (χ1n) is 7.31. The molecule has 1 aromatic rings. The van der Waals surface area contributed by atoms with Gasteiger partial charge in [0.1, 0.15) is 11.1 Å². The molecule has 20 heavy (non-hydrogen) atoms. The zero-order valence-electron chi connectivity index (χ0n) is 11.6. The summed E-state index contributed by atoms with van der Waals surface area (Å²) >= 11 is 5.16. The molecule has 2 N–H and O–H groups in total. The van der Waals surface area contributed by atoms with Gasteiger partial charge in [0.2, 0.25) is 5.88 Å². The van der Waals surface area contributed by atoms with E-state index in [2.05, 4.69) is 6.07 Å². The van der Waals surface area contributed by atoms with Crippen molar-refractivity contribution in [2.45, 2.75) is 44.6 Å². The Hall–Kier alpha value is -1.20. The summed E-state index contributed by atoms with van der Waals surface area (Å²) < 4.78 is 11.4. The van der Waals surface area contributed by atoms with Crippen LogP contribution in [0.15, 0.2) is 6.07 Å². The van der Waals surface area contributed by atoms with Crippen LogP contribution in [0, 0.1) is 0 Å². The van der Waals surface area contributed by atoms with Crippen molar-refractivity contribution < 1.29 is 9.47 Å². The minimum atomic E-state index is 0.158. The average Bonchev–Trinajstić information content (AvgIpc) is 2.47. The van der Waals surface area contributed by atoms with E-state index < -0.39 is 0 Å². The number of fused-ring (bicyclic) bond motifs is 1. The summed E-state index contributed by atoms with van der Waals surface area (Å²) in [5.41, 5.74) is 9.05. The van der Waals surface area contributed by atoms with Crippen LogP contribution < -0.4 is 10.5 Å². The lowest BCUT2D eigenvalue weighted by molar-refractivity contribution is 0.0235. The molecule has 0 amide bonds. The first-order chi connectivity index (χ1) is 9.74. The molecule has 0 spiro atoms. The van der Waals surface area contributed by atoms with Crippen molar-refractivity contribution in [2.24, 2.45) is 5.73 Å². The monoisotopic (exact) mass is 292 g/mol. The summed E-state index contributed by atoms with van der Waals surface area (Å²) in [7, 11) is 0. The van der Waals surface area contributed by atoms with E-state index in [1.165, 1.54) is 18.4 Å². The Labute approximate surface area is 124 Å². The van der Waals surface area contributed by atoms with Gasteiger partial charge < -0.3 is 15.2 Å². The Bertz CT molecular complexity index is 513. The summed E-state index contributed by atoms with van der Waals surface area (Å²) in [5, 5.41) is 0. The summed E-state index contributed by atoms with van der Waals surface area (Å²) in [6, 6.07) is 2.08. The topological polar surface area (TPSA) is 57.4 Å². The van der Waals surface area contributed by atoms with Gasteiger partial charge in [-0.3, -0.25) is 0 Å². The van der Waals surface area contributed by atoms with Gasteiger partial charge in [0.15, 0.2) is 0 Å². The molecule has 1 saturated heterocycles. The first kappa shape index (κ1) is 13.8. The van der Waals surface area contributed by atoms with Crippen LogP contribution in [0.2, 0.25) is 0 Å². The van der Waals surface area contributed by atoms with Crippen LogP contribution in [0.1, 0.15) is 42.5 Å². The van der Waals surface area contributed by atoms with Crippen LogP contribution in [-0.2, 0) is 17.6 Å². The maximum Gasteiger partial charge on any atom is 0.224 e. The first-order valence-corrected chi connectivity index (χ1v) is 7.72. The number of nitrogens with zero attached hydrogens (tertiary/aromatic N) is 1. The number of pyridine rings is 1. The van der Waals surface area contributed by atoms with E-state index in [-0.39, 0.29) is 6.10 Å². The Kier molecular flexibility index (Phi) is 4.17. The largest absolute Gasteiger partial charge is 0.474 e. The van der Waals surface area contributed by atoms with Crippen molar-refractivity contribution >= 4 is 17.2 Å². The molecular formula is C15H20N2O2S. The van der Waals surface area contributed by atoms with E-state index in [0.29, 0.717) is 10.9 Å². The van der Waals surface area contributed by atoms with Gasteiger partial charge in [-0.15, -0.1) is 0 Å². The second kappa shape index (κ2) is 6.06. The number of aromatic nitrogens is 1. The van der Waals surface area contributed by atoms with Gasteiger partial charge in [-0.25, -0.2) is 4.98 Å². The number of thiocarbonyl (C=S) groups is 1. The number of hydrogen-bond acceptors (Lipinski definition) is 4. The molecule has 2 aliphatic rings. The Balaban J connectivity index is 1.88. The lowest BCUT2D eigenvalue weighted by Crippen LogP contribution is -2.28. The third kappa shape index (κ3) is 2.94. The van der Waals surface area contributed by atoms with Crippen LogP contribution in [0.3, 0.4) is 0 Å². The molecule has 1 aromatic heterocycles. The lowest BCUT2D eigenvalue weighted by atomic mass is 9.95. The SMILES string of the molecule is NC(=S)c1cc2c(nc1OC1CCOCC1)CCCC2. The molecular weight excluding hydrogens is 272 g/mol. The maximum atomic E-state index is 6.06. The third-order valence-electron chi connectivity index (χ3n) is 3.98. The van der Waals surface area contributed by atoms with E-state index in [9.17, 15) is 0 Å². The highest BCUT2D eigenvalue weighted by molar-refractivity contribution is 7.80. The Morgan fingerprint density at radius 3 is 2.80 bits per heavy atom. The molecule has 4 nitrogen and oxygen atoms in total. The number of aryl methyl sites for hydroxylation is 2. The Morgan fingerprint density at radius 2 is 2.05 bits per heavy atom. The van der Waals surface area contributed by atoms with Crippen molar-refractivity contribution in [3.63, 3.8) is 0 Å². The fourth-order valence-corrected chi connectivity index (χ4v) is 2.98. The van der Waals surface area contributed by atoms with Gasteiger partial charge in [0.25, 0.3) is 0 Å². The smallest absolute Gasteiger partial charge is 0.224 e. The summed E-state index contributed by atoms with van der Waals surface area (Å²) in [4.78, 5) is 5.07. The fourth-order valence-electron chi connectivity index (χ4n) is 2.83. The summed E-state index contributed by atoms with van der Waals surface area (Å²) in [5.74, 6) is 0.616. The van der Waals surface area contributed by atoms with E-state index in [0.717, 1.165) is 50.2 Å². The molecule has 1 aliphatic heterocycles. The molecule has 2 heterocycles. The highest BCUT2D eigenvalue weighted by Gasteiger charge is 2.21. The van der Waals surface area contributed by atoms with Crippen molar-refractivity contribution in [3.05, 3.63) is 22.9 Å². The summed E-state index contributed by atoms with van der Waals surface area (Å²) in [6.45, 7) is 1.50. The van der Waals surface area contributed by atoms with Gasteiger partial charge in [0, 0.05) is 18.5 Å². The number of ether oxygens (including phenoxy) is 2. The highest BCUT2D eigenvalue weighted by atomic mass is 32.1. The van der Waals surface area contributed by atoms with Crippen LogP contribution in [-0.4, -0.2) is 29.3 Å². The molecule has 0 aromatic carbocycles. The molecule has 0 bridgehead atoms. The predicted molar refractivity (Wildman–Crippen MR) is 81.2 cm³/mol. The molecule has 3 rings (SSSR count). The van der Waals surface area contributed by atoms with Gasteiger partial charge in [-0.05, 0) is 37.3 Å². The van der Waals surface area contributed by atoms with Gasteiger partial charge in [-0.1, -0.05) is 12.2 Å². The fraction of sp³-hybridized carbons (Fsp3) is 0.600. The van der Waals surface area contributed by atoms with Crippen molar-refractivity contribution in [1.29, 1.82) is 0 Å². The molecule has 0 atom stereocenters. The molecule has 0 radical (unpaired) electrons. The van der Waals surface area contributed by atoms with E-state index in [1.54, 1.807) is 0 Å². The standard InChI is InChI=1S/C15H20N2O2S/c16-14(20)12-9-10-3-1-2-4-13(10)17-15(12)19-11-5-7-18-8-6-11/h9,11H,1-8H2,(H2,16,20). The number of rotatable bonds is 3. The van der Waals surface area contributed by atoms with Crippen LogP contribution in [0.4, 0.5) is 0 Å². The predicted octanol–water partition coefficient (Wildman–Crippen LogP) is 2.15. The normalized spacial score (nSPS) is 19.4. The van der Waals surface area contributed by atoms with Crippen molar-refractivity contribution in [3.8, 4) is 5.88 Å². The van der Waals surface area contributed by atoms with Crippen LogP contribution in [0.25, 0.3) is 0 Å². The lowest BCUT2D eigenvalue weighted by Gasteiger charge is -2.25. The van der Waals surface area contributed by atoms with Gasteiger partial charge >= 0.3 is 0 Å². The maximum absolute atomic E-state index is 6.06. The van der Waals surface area contributed by atoms with Crippen molar-refractivity contribution in [1.82, 2.24) is 4.98 Å². The molecule has 0 saturated carbocycles. The minimum Gasteiger partial charge on any atom is -0.474 e.